The minimum atomic E-state index is -2.94. The average Bonchev–Trinajstić information content (AvgIpc) is 3.45. The van der Waals surface area contributed by atoms with Gasteiger partial charge >= 0.3 is 0 Å². The van der Waals surface area contributed by atoms with Crippen LogP contribution in [0.5, 0.6) is 0 Å². The van der Waals surface area contributed by atoms with E-state index in [0.29, 0.717) is 5.69 Å². The maximum atomic E-state index is 13.1. The highest BCUT2D eigenvalue weighted by molar-refractivity contribution is 6.03. The van der Waals surface area contributed by atoms with Crippen molar-refractivity contribution < 1.29 is 18.0 Å². The van der Waals surface area contributed by atoms with Gasteiger partial charge in [-0.05, 0) is 18.2 Å². The maximum Gasteiger partial charge on any atom is 0.274 e. The number of H-pyrrole nitrogens is 1. The minimum absolute atomic E-state index is 0.0352. The second-order valence-corrected chi connectivity index (χ2v) is 6.51. The fourth-order valence-corrected chi connectivity index (χ4v) is 2.94. The number of pyridine rings is 1. The van der Waals surface area contributed by atoms with Gasteiger partial charge in [0.25, 0.3) is 12.3 Å². The number of aromatic nitrogens is 6. The van der Waals surface area contributed by atoms with E-state index in [1.165, 1.54) is 12.1 Å². The normalized spacial score (nSPS) is 12.1. The van der Waals surface area contributed by atoms with Crippen LogP contribution in [0.15, 0.2) is 60.9 Å². The van der Waals surface area contributed by atoms with Crippen molar-refractivity contribution >= 4 is 11.7 Å². The Bertz CT molecular complexity index is 1180. The van der Waals surface area contributed by atoms with Crippen molar-refractivity contribution in [3.8, 4) is 22.8 Å². The molecular weight excluding hydrogens is 411 g/mol. The molecule has 0 aliphatic rings. The van der Waals surface area contributed by atoms with Crippen molar-refractivity contribution in [2.75, 3.05) is 12.0 Å². The Morgan fingerprint density at radius 1 is 1.10 bits per heavy atom. The number of hydrogen-bond donors (Lipinski definition) is 2. The third-order valence-corrected chi connectivity index (χ3v) is 4.49. The predicted octanol–water partition coefficient (Wildman–Crippen LogP) is 3.76. The molecule has 0 fully saturated rings. The van der Waals surface area contributed by atoms with Gasteiger partial charge in [0.05, 0.1) is 5.69 Å². The molecule has 1 aromatic carbocycles. The molecule has 3 heterocycles. The van der Waals surface area contributed by atoms with Gasteiger partial charge in [-0.2, -0.15) is 5.10 Å². The number of rotatable bonds is 7. The van der Waals surface area contributed by atoms with Crippen LogP contribution in [0, 0.1) is 0 Å². The van der Waals surface area contributed by atoms with Gasteiger partial charge in [0.2, 0.25) is 0 Å². The van der Waals surface area contributed by atoms with Crippen molar-refractivity contribution in [2.24, 2.45) is 0 Å². The first kappa shape index (κ1) is 20.3. The summed E-state index contributed by atoms with van der Waals surface area (Å²) in [6, 6.07) is 13.8. The Labute approximate surface area is 174 Å². The molecule has 0 radical (unpaired) electrons. The Kier molecular flexibility index (Phi) is 5.74. The highest BCUT2D eigenvalue weighted by atomic mass is 19.3. The van der Waals surface area contributed by atoms with Gasteiger partial charge < -0.3 is 9.88 Å². The molecule has 1 amide bonds. The van der Waals surface area contributed by atoms with Crippen molar-refractivity contribution in [2.45, 2.75) is 12.5 Å². The van der Waals surface area contributed by atoms with Gasteiger partial charge in [0, 0.05) is 5.56 Å². The van der Waals surface area contributed by atoms with Crippen LogP contribution in [0.25, 0.3) is 22.8 Å². The lowest BCUT2D eigenvalue weighted by Crippen LogP contribution is -2.20. The molecule has 0 saturated carbocycles. The number of alkyl halides is 3. The highest BCUT2D eigenvalue weighted by Gasteiger charge is 2.26. The number of nitrogens with zero attached hydrogens (tertiary/aromatic N) is 5. The van der Waals surface area contributed by atoms with Crippen molar-refractivity contribution in [1.29, 1.82) is 0 Å². The second-order valence-electron chi connectivity index (χ2n) is 6.51. The number of carbonyl (C=O) groups is 1. The zero-order valence-corrected chi connectivity index (χ0v) is 15.9. The Balaban J connectivity index is 1.55. The van der Waals surface area contributed by atoms with E-state index in [1.807, 2.05) is 30.3 Å². The third kappa shape index (κ3) is 4.29. The SMILES string of the molecule is O=C(Nc1cccc(-c2nncn2C(CF)C(F)F)n1)c1cc(-c2ccccc2)n[nH]1. The molecule has 8 nitrogen and oxygen atoms in total. The van der Waals surface area contributed by atoms with Gasteiger partial charge in [0.1, 0.15) is 36.2 Å². The summed E-state index contributed by atoms with van der Waals surface area (Å²) in [5, 5.41) is 16.8. The van der Waals surface area contributed by atoms with E-state index in [4.69, 9.17) is 0 Å². The average molecular weight is 427 g/mol. The summed E-state index contributed by atoms with van der Waals surface area (Å²) in [7, 11) is 0. The van der Waals surface area contributed by atoms with Gasteiger partial charge in [-0.1, -0.05) is 36.4 Å². The molecule has 0 spiro atoms. The number of nitrogens with one attached hydrogen (secondary N) is 2. The number of aromatic amines is 1. The van der Waals surface area contributed by atoms with Crippen molar-refractivity contribution in [3.63, 3.8) is 0 Å². The molecule has 158 valence electrons. The van der Waals surface area contributed by atoms with Gasteiger partial charge in [-0.25, -0.2) is 18.2 Å². The van der Waals surface area contributed by atoms with Gasteiger partial charge in [-0.3, -0.25) is 9.89 Å². The molecule has 11 heteroatoms. The summed E-state index contributed by atoms with van der Waals surface area (Å²) < 4.78 is 40.3. The Morgan fingerprint density at radius 2 is 1.90 bits per heavy atom. The van der Waals surface area contributed by atoms with Gasteiger partial charge in [-0.15, -0.1) is 10.2 Å². The molecule has 1 atom stereocenters. The van der Waals surface area contributed by atoms with E-state index < -0.39 is 25.0 Å². The fourth-order valence-electron chi connectivity index (χ4n) is 2.94. The van der Waals surface area contributed by atoms with E-state index in [1.54, 1.807) is 12.1 Å². The summed E-state index contributed by atoms with van der Waals surface area (Å²) in [5.74, 6) is -0.372. The summed E-state index contributed by atoms with van der Waals surface area (Å²) in [4.78, 5) is 16.8. The summed E-state index contributed by atoms with van der Waals surface area (Å²) in [5.41, 5.74) is 1.82. The van der Waals surface area contributed by atoms with E-state index >= 15 is 0 Å². The zero-order valence-electron chi connectivity index (χ0n) is 15.9. The first-order chi connectivity index (χ1) is 15.1. The molecule has 0 aliphatic carbocycles. The molecular formula is C20H16F3N7O. The van der Waals surface area contributed by atoms with Crippen LogP contribution < -0.4 is 5.32 Å². The quantitative estimate of drug-likeness (QED) is 0.468. The first-order valence-corrected chi connectivity index (χ1v) is 9.20. The Hall–Kier alpha value is -4.02. The molecule has 0 aliphatic heterocycles. The zero-order chi connectivity index (χ0) is 21.8. The molecule has 2 N–H and O–H groups in total. The van der Waals surface area contributed by atoms with E-state index in [2.05, 4.69) is 30.7 Å². The summed E-state index contributed by atoms with van der Waals surface area (Å²) in [6.07, 6.45) is -1.92. The second kappa shape index (κ2) is 8.78. The van der Waals surface area contributed by atoms with Crippen LogP contribution in [0.3, 0.4) is 0 Å². The van der Waals surface area contributed by atoms with Crippen molar-refractivity contribution in [1.82, 2.24) is 29.9 Å². The van der Waals surface area contributed by atoms with Crippen LogP contribution in [-0.2, 0) is 0 Å². The topological polar surface area (TPSA) is 101 Å². The van der Waals surface area contributed by atoms with Crippen LogP contribution in [0.4, 0.5) is 19.0 Å². The van der Waals surface area contributed by atoms with Gasteiger partial charge in [0.15, 0.2) is 5.82 Å². The number of hydrogen-bond acceptors (Lipinski definition) is 5. The molecule has 31 heavy (non-hydrogen) atoms. The largest absolute Gasteiger partial charge is 0.305 e. The number of anilines is 1. The van der Waals surface area contributed by atoms with Crippen molar-refractivity contribution in [3.05, 3.63) is 66.6 Å². The number of amides is 1. The minimum Gasteiger partial charge on any atom is -0.305 e. The molecule has 3 aromatic heterocycles. The van der Waals surface area contributed by atoms with Crippen LogP contribution in [0.2, 0.25) is 0 Å². The number of halogens is 3. The van der Waals surface area contributed by atoms with E-state index in [9.17, 15) is 18.0 Å². The monoisotopic (exact) mass is 427 g/mol. The van der Waals surface area contributed by atoms with Crippen LogP contribution >= 0.6 is 0 Å². The van der Waals surface area contributed by atoms with Crippen LogP contribution in [0.1, 0.15) is 16.5 Å². The highest BCUT2D eigenvalue weighted by Crippen LogP contribution is 2.24. The van der Waals surface area contributed by atoms with E-state index in [0.717, 1.165) is 16.5 Å². The fraction of sp³-hybridized carbons (Fsp3) is 0.150. The lowest BCUT2D eigenvalue weighted by atomic mass is 10.1. The van der Waals surface area contributed by atoms with E-state index in [-0.39, 0.29) is 23.0 Å². The van der Waals surface area contributed by atoms with Crippen LogP contribution in [-0.4, -0.2) is 49.0 Å². The maximum absolute atomic E-state index is 13.1. The summed E-state index contributed by atoms with van der Waals surface area (Å²) in [6.45, 7) is -1.29. The first-order valence-electron chi connectivity index (χ1n) is 9.20. The standard InChI is InChI=1S/C20H16F3N7O/c21-10-16(18(22)23)30-11-24-29-19(30)13-7-4-8-17(25-13)26-20(31)15-9-14(27-28-15)12-5-2-1-3-6-12/h1-9,11,16,18H,10H2,(H,27,28)(H,25,26,31). The lowest BCUT2D eigenvalue weighted by Gasteiger charge is -2.15. The molecule has 0 bridgehead atoms. The molecule has 1 unspecified atom stereocenters. The number of benzene rings is 1. The smallest absolute Gasteiger partial charge is 0.274 e. The molecule has 0 saturated heterocycles. The Morgan fingerprint density at radius 3 is 2.65 bits per heavy atom. The lowest BCUT2D eigenvalue weighted by molar-refractivity contribution is 0.0691. The number of carbonyl (C=O) groups excluding carboxylic acids is 1. The third-order valence-electron chi connectivity index (χ3n) is 4.49. The predicted molar refractivity (Wildman–Crippen MR) is 106 cm³/mol. The molecule has 4 aromatic rings. The molecule has 4 rings (SSSR count). The summed E-state index contributed by atoms with van der Waals surface area (Å²) >= 11 is 0.